The lowest BCUT2D eigenvalue weighted by Crippen LogP contribution is -2.37. The fraction of sp³-hybridized carbons (Fsp3) is 0.474. The molecule has 0 bridgehead atoms. The summed E-state index contributed by atoms with van der Waals surface area (Å²) in [6, 6.07) is 7.11. The molecule has 2 N–H and O–H groups in total. The highest BCUT2D eigenvalue weighted by Crippen LogP contribution is 2.23. The van der Waals surface area contributed by atoms with Crippen LogP contribution in [0.4, 0.5) is 10.2 Å². The molecular weight excluding hydrogens is 365 g/mol. The Balaban J connectivity index is 1.43. The second-order valence-electron chi connectivity index (χ2n) is 6.99. The smallest absolute Gasteiger partial charge is 0.197 e. The molecule has 0 unspecified atom stereocenters. The second kappa shape index (κ2) is 7.80. The van der Waals surface area contributed by atoms with E-state index in [1.165, 1.54) is 6.07 Å². The lowest BCUT2D eigenvalue weighted by atomic mass is 10.1. The van der Waals surface area contributed by atoms with E-state index in [0.717, 1.165) is 43.3 Å². The summed E-state index contributed by atoms with van der Waals surface area (Å²) in [5.74, 6) is 3.23. The van der Waals surface area contributed by atoms with Gasteiger partial charge < -0.3 is 15.5 Å². The van der Waals surface area contributed by atoms with Crippen molar-refractivity contribution in [3.05, 3.63) is 47.4 Å². The Bertz CT molecular complexity index is 847. The Hall–Kier alpha value is -2.22. The molecular formula is C19H25FN5OS+. The third-order valence-corrected chi connectivity index (χ3v) is 6.22. The summed E-state index contributed by atoms with van der Waals surface area (Å²) < 4.78 is 18.9. The minimum atomic E-state index is -0.269. The summed E-state index contributed by atoms with van der Waals surface area (Å²) in [7, 11) is 2.01. The first-order valence-corrected chi connectivity index (χ1v) is 10.4. The van der Waals surface area contributed by atoms with Crippen molar-refractivity contribution in [1.82, 2.24) is 4.68 Å². The van der Waals surface area contributed by atoms with Crippen LogP contribution in [0.1, 0.15) is 24.0 Å². The van der Waals surface area contributed by atoms with Gasteiger partial charge in [-0.3, -0.25) is 0 Å². The van der Waals surface area contributed by atoms with Crippen molar-refractivity contribution in [2.75, 3.05) is 23.0 Å². The second-order valence-corrected chi connectivity index (χ2v) is 8.22. The average Bonchev–Trinajstić information content (AvgIpc) is 3.25. The highest BCUT2D eigenvalue weighted by molar-refractivity contribution is 7.99. The maximum atomic E-state index is 14.6. The SMILES string of the molecule is C[n+]1ccc2n1CCN2Cc1ccc(C(N)=NOC2CCSCC2)cc1F. The number of benzene rings is 1. The summed E-state index contributed by atoms with van der Waals surface area (Å²) in [5, 5.41) is 4.03. The number of hydrogen-bond acceptors (Lipinski definition) is 4. The number of nitrogens with two attached hydrogens (primary N) is 1. The molecule has 1 fully saturated rings. The molecule has 1 saturated heterocycles. The lowest BCUT2D eigenvalue weighted by Gasteiger charge is -2.19. The number of fused-ring (bicyclic) bond motifs is 1. The van der Waals surface area contributed by atoms with Crippen LogP contribution in [-0.4, -0.2) is 34.7 Å². The minimum absolute atomic E-state index is 0.113. The molecule has 3 heterocycles. The minimum Gasteiger partial charge on any atom is -0.391 e. The van der Waals surface area contributed by atoms with Crippen LogP contribution in [0.3, 0.4) is 0 Å². The fourth-order valence-electron chi connectivity index (χ4n) is 3.54. The Morgan fingerprint density at radius 2 is 2.15 bits per heavy atom. The largest absolute Gasteiger partial charge is 0.391 e. The van der Waals surface area contributed by atoms with Crippen LogP contribution in [-0.2, 0) is 25.0 Å². The van der Waals surface area contributed by atoms with Gasteiger partial charge in [-0.05, 0) is 30.4 Å². The molecule has 0 aliphatic carbocycles. The normalized spacial score (nSPS) is 18.0. The van der Waals surface area contributed by atoms with Gasteiger partial charge in [0.2, 0.25) is 0 Å². The van der Waals surface area contributed by atoms with Gasteiger partial charge in [-0.25, -0.2) is 4.39 Å². The van der Waals surface area contributed by atoms with Crippen molar-refractivity contribution in [2.24, 2.45) is 17.9 Å². The zero-order chi connectivity index (χ0) is 18.8. The van der Waals surface area contributed by atoms with Crippen molar-refractivity contribution in [3.63, 3.8) is 0 Å². The number of thioether (sulfide) groups is 1. The maximum Gasteiger partial charge on any atom is 0.197 e. The van der Waals surface area contributed by atoms with Gasteiger partial charge in [-0.1, -0.05) is 17.3 Å². The van der Waals surface area contributed by atoms with Gasteiger partial charge in [-0.15, -0.1) is 9.36 Å². The lowest BCUT2D eigenvalue weighted by molar-refractivity contribution is -0.751. The molecule has 144 valence electrons. The van der Waals surface area contributed by atoms with E-state index in [9.17, 15) is 4.39 Å². The molecule has 6 nitrogen and oxygen atoms in total. The fourth-order valence-corrected chi connectivity index (χ4v) is 4.60. The molecule has 0 spiro atoms. The molecule has 2 aliphatic rings. The van der Waals surface area contributed by atoms with Crippen LogP contribution in [0, 0.1) is 5.82 Å². The van der Waals surface area contributed by atoms with Gasteiger partial charge >= 0.3 is 0 Å². The van der Waals surface area contributed by atoms with E-state index in [0.29, 0.717) is 17.7 Å². The molecule has 0 atom stereocenters. The standard InChI is InChI=1S/C19H25FN5OS/c1-23-7-4-18-24(8-9-25(18)23)13-15-3-2-14(12-17(15)20)19(21)22-26-16-5-10-27-11-6-16/h2-4,7,12,16H,5-6,8-11,13H2,1H3,(H2,21,22)/q+1. The van der Waals surface area contributed by atoms with Gasteiger partial charge in [0.1, 0.15) is 11.9 Å². The van der Waals surface area contributed by atoms with E-state index in [1.807, 2.05) is 31.1 Å². The number of nitrogens with zero attached hydrogens (tertiary/aromatic N) is 4. The number of hydrogen-bond donors (Lipinski definition) is 1. The number of aromatic nitrogens is 2. The molecule has 0 amide bonds. The molecule has 0 saturated carbocycles. The van der Waals surface area contributed by atoms with Gasteiger partial charge in [0.15, 0.2) is 24.9 Å². The number of rotatable bonds is 5. The Morgan fingerprint density at radius 3 is 2.93 bits per heavy atom. The van der Waals surface area contributed by atoms with Gasteiger partial charge in [0, 0.05) is 24.2 Å². The highest BCUT2D eigenvalue weighted by Gasteiger charge is 2.25. The Kier molecular flexibility index (Phi) is 5.24. The van der Waals surface area contributed by atoms with E-state index in [1.54, 1.807) is 6.07 Å². The van der Waals surface area contributed by atoms with E-state index >= 15 is 0 Å². The molecule has 1 aromatic heterocycles. The van der Waals surface area contributed by atoms with Crippen molar-refractivity contribution in [3.8, 4) is 0 Å². The van der Waals surface area contributed by atoms with Crippen molar-refractivity contribution in [2.45, 2.75) is 32.0 Å². The van der Waals surface area contributed by atoms with Crippen LogP contribution in [0.2, 0.25) is 0 Å². The number of halogens is 1. The van der Waals surface area contributed by atoms with E-state index in [-0.39, 0.29) is 17.8 Å². The predicted molar refractivity (Wildman–Crippen MR) is 105 cm³/mol. The summed E-state index contributed by atoms with van der Waals surface area (Å²) in [4.78, 5) is 7.71. The highest BCUT2D eigenvalue weighted by atomic mass is 32.2. The van der Waals surface area contributed by atoms with Crippen LogP contribution in [0.5, 0.6) is 0 Å². The molecule has 27 heavy (non-hydrogen) atoms. The first kappa shape index (κ1) is 18.2. The van der Waals surface area contributed by atoms with Crippen LogP contribution in [0.15, 0.2) is 35.6 Å². The Morgan fingerprint density at radius 1 is 1.33 bits per heavy atom. The molecule has 4 rings (SSSR count). The zero-order valence-corrected chi connectivity index (χ0v) is 16.3. The van der Waals surface area contributed by atoms with Gasteiger partial charge in [0.05, 0.1) is 12.6 Å². The predicted octanol–water partition coefficient (Wildman–Crippen LogP) is 2.00. The summed E-state index contributed by atoms with van der Waals surface area (Å²) >= 11 is 1.93. The van der Waals surface area contributed by atoms with Crippen LogP contribution >= 0.6 is 11.8 Å². The quantitative estimate of drug-likeness (QED) is 0.367. The monoisotopic (exact) mass is 390 g/mol. The number of aryl methyl sites for hydroxylation is 1. The van der Waals surface area contributed by atoms with Crippen molar-refractivity contribution < 1.29 is 13.9 Å². The van der Waals surface area contributed by atoms with E-state index in [2.05, 4.69) is 25.5 Å². The number of amidine groups is 1. The first-order valence-electron chi connectivity index (χ1n) is 9.28. The first-order chi connectivity index (χ1) is 13.1. The summed E-state index contributed by atoms with van der Waals surface area (Å²) in [6.45, 7) is 2.32. The molecule has 2 aliphatic heterocycles. The van der Waals surface area contributed by atoms with Crippen molar-refractivity contribution in [1.29, 1.82) is 0 Å². The van der Waals surface area contributed by atoms with Gasteiger partial charge in [-0.2, -0.15) is 11.8 Å². The third kappa shape index (κ3) is 3.90. The summed E-state index contributed by atoms with van der Waals surface area (Å²) in [6.07, 6.45) is 4.08. The zero-order valence-electron chi connectivity index (χ0n) is 15.5. The Labute approximate surface area is 162 Å². The molecule has 1 aromatic carbocycles. The molecule has 2 aromatic rings. The molecule has 0 radical (unpaired) electrons. The van der Waals surface area contributed by atoms with Crippen molar-refractivity contribution >= 4 is 23.4 Å². The van der Waals surface area contributed by atoms with Gasteiger partial charge in [0.25, 0.3) is 0 Å². The van der Waals surface area contributed by atoms with E-state index in [4.69, 9.17) is 10.6 Å². The van der Waals surface area contributed by atoms with E-state index < -0.39 is 0 Å². The average molecular weight is 391 g/mol. The topological polar surface area (TPSA) is 59.7 Å². The third-order valence-electron chi connectivity index (χ3n) is 5.17. The van der Waals surface area contributed by atoms with Crippen LogP contribution < -0.4 is 15.3 Å². The van der Waals surface area contributed by atoms with Crippen LogP contribution in [0.25, 0.3) is 0 Å². The maximum absolute atomic E-state index is 14.6. The summed E-state index contributed by atoms with van der Waals surface area (Å²) in [5.41, 5.74) is 7.20. The molecule has 8 heteroatoms. The number of anilines is 1. The number of oxime groups is 1.